The molecule has 1 aromatic heterocycles. The van der Waals surface area contributed by atoms with Crippen LogP contribution in [0.2, 0.25) is 0 Å². The van der Waals surface area contributed by atoms with Crippen LogP contribution >= 0.6 is 0 Å². The van der Waals surface area contributed by atoms with Crippen LogP contribution in [0, 0.1) is 6.92 Å². The van der Waals surface area contributed by atoms with E-state index in [1.807, 2.05) is 6.92 Å². The number of allylic oxidation sites excluding steroid dienone is 1. The van der Waals surface area contributed by atoms with Crippen LogP contribution < -0.4 is 21.1 Å². The van der Waals surface area contributed by atoms with Crippen molar-refractivity contribution in [3.8, 4) is 5.75 Å². The number of aryl methyl sites for hydroxylation is 1. The highest BCUT2D eigenvalue weighted by Crippen LogP contribution is 2.24. The zero-order valence-electron chi connectivity index (χ0n) is 16.3. The first kappa shape index (κ1) is 19.1. The number of ether oxygens (including phenoxy) is 1. The predicted molar refractivity (Wildman–Crippen MR) is 109 cm³/mol. The summed E-state index contributed by atoms with van der Waals surface area (Å²) in [6.45, 7) is 3.12. The van der Waals surface area contributed by atoms with Crippen LogP contribution in [-0.2, 0) is 17.8 Å². The van der Waals surface area contributed by atoms with Gasteiger partial charge in [0.2, 0.25) is 5.91 Å². The van der Waals surface area contributed by atoms with Gasteiger partial charge in [-0.15, -0.1) is 0 Å². The molecule has 150 valence electrons. The van der Waals surface area contributed by atoms with Gasteiger partial charge in [-0.25, -0.2) is 0 Å². The minimum Gasteiger partial charge on any atom is -0.489 e. The number of amides is 2. The fourth-order valence-corrected chi connectivity index (χ4v) is 3.62. The monoisotopic (exact) mass is 392 g/mol. The van der Waals surface area contributed by atoms with Crippen LogP contribution in [0.25, 0.3) is 6.08 Å². The summed E-state index contributed by atoms with van der Waals surface area (Å²) in [5, 5.41) is 5.70. The Kier molecular flexibility index (Phi) is 5.07. The Morgan fingerprint density at radius 3 is 2.69 bits per heavy atom. The maximum Gasteiger partial charge on any atom is 0.252 e. The molecule has 4 rings (SSSR count). The van der Waals surface area contributed by atoms with E-state index in [1.54, 1.807) is 24.3 Å². The molecule has 7 nitrogen and oxygen atoms in total. The molecule has 0 unspecified atom stereocenters. The molecule has 4 N–H and O–H groups in total. The molecular formula is C22H24N4O3. The lowest BCUT2D eigenvalue weighted by Gasteiger charge is -2.40. The number of aromatic nitrogens is 1. The molecular weight excluding hydrogens is 368 g/mol. The molecule has 1 saturated heterocycles. The number of carbonyl (C=O) groups is 2. The summed E-state index contributed by atoms with van der Waals surface area (Å²) in [5.74, 6) is -0.191. The van der Waals surface area contributed by atoms with Crippen molar-refractivity contribution < 1.29 is 14.3 Å². The van der Waals surface area contributed by atoms with E-state index in [1.165, 1.54) is 5.56 Å². The number of nitrogens with zero attached hydrogens (tertiary/aromatic N) is 1. The molecule has 29 heavy (non-hydrogen) atoms. The first-order valence-corrected chi connectivity index (χ1v) is 9.69. The molecule has 1 aromatic carbocycles. The van der Waals surface area contributed by atoms with Gasteiger partial charge in [0, 0.05) is 24.3 Å². The van der Waals surface area contributed by atoms with Crippen LogP contribution in [0.5, 0.6) is 5.75 Å². The van der Waals surface area contributed by atoms with Gasteiger partial charge in [-0.05, 0) is 67.3 Å². The lowest BCUT2D eigenvalue weighted by Crippen LogP contribution is -2.74. The summed E-state index contributed by atoms with van der Waals surface area (Å²) in [7, 11) is 0. The van der Waals surface area contributed by atoms with E-state index in [0.717, 1.165) is 29.8 Å². The first-order valence-electron chi connectivity index (χ1n) is 9.69. The molecule has 0 spiro atoms. The maximum absolute atomic E-state index is 12.4. The Hall–Kier alpha value is -3.19. The molecule has 0 radical (unpaired) electrons. The SMILES string of the molecule is Cc1cc(COc2ccc(C(=O)NC3(C(N)=O)CNC3)cc2)c2c(n1)C=CCC2. The van der Waals surface area contributed by atoms with Crippen molar-refractivity contribution in [2.45, 2.75) is 31.9 Å². The zero-order valence-corrected chi connectivity index (χ0v) is 16.3. The Labute approximate surface area is 169 Å². The quantitative estimate of drug-likeness (QED) is 0.691. The summed E-state index contributed by atoms with van der Waals surface area (Å²) in [6, 6.07) is 8.94. The van der Waals surface area contributed by atoms with E-state index in [4.69, 9.17) is 10.5 Å². The van der Waals surface area contributed by atoms with Crippen molar-refractivity contribution in [1.82, 2.24) is 15.6 Å². The van der Waals surface area contributed by atoms with Crippen LogP contribution in [0.3, 0.4) is 0 Å². The minimum absolute atomic E-state index is 0.331. The van der Waals surface area contributed by atoms with Gasteiger partial charge in [-0.1, -0.05) is 6.08 Å². The van der Waals surface area contributed by atoms with E-state index >= 15 is 0 Å². The highest BCUT2D eigenvalue weighted by atomic mass is 16.5. The Bertz CT molecular complexity index is 978. The Balaban J connectivity index is 1.42. The van der Waals surface area contributed by atoms with Crippen molar-refractivity contribution in [3.05, 3.63) is 64.5 Å². The molecule has 2 aliphatic rings. The predicted octanol–water partition coefficient (Wildman–Crippen LogP) is 1.49. The molecule has 0 bridgehead atoms. The first-order chi connectivity index (χ1) is 14.0. The van der Waals surface area contributed by atoms with Gasteiger partial charge in [0.25, 0.3) is 5.91 Å². The topological polar surface area (TPSA) is 106 Å². The van der Waals surface area contributed by atoms with Gasteiger partial charge in [-0.2, -0.15) is 0 Å². The van der Waals surface area contributed by atoms with E-state index in [-0.39, 0.29) is 5.91 Å². The number of pyridine rings is 1. The zero-order chi connectivity index (χ0) is 20.4. The van der Waals surface area contributed by atoms with E-state index in [0.29, 0.717) is 31.0 Å². The number of fused-ring (bicyclic) bond motifs is 1. The normalized spacial score (nSPS) is 16.4. The molecule has 0 saturated carbocycles. The maximum atomic E-state index is 12.4. The third-order valence-corrected chi connectivity index (χ3v) is 5.40. The number of nitrogens with two attached hydrogens (primary N) is 1. The standard InChI is InChI=1S/C22H24N4O3/c1-14-10-16(18-4-2-3-5-19(18)25-14)11-29-17-8-6-15(7-9-17)20(27)26-22(21(23)28)12-24-13-22/h3,5-10,24H,2,4,11-13H2,1H3,(H2,23,28)(H,26,27). The number of hydrogen-bond donors (Lipinski definition) is 3. The lowest BCUT2D eigenvalue weighted by molar-refractivity contribution is -0.125. The van der Waals surface area contributed by atoms with Crippen molar-refractivity contribution in [1.29, 1.82) is 0 Å². The third kappa shape index (κ3) is 3.86. The van der Waals surface area contributed by atoms with Crippen molar-refractivity contribution in [3.63, 3.8) is 0 Å². The summed E-state index contributed by atoms with van der Waals surface area (Å²) in [6.07, 6.45) is 6.19. The minimum atomic E-state index is -1.00. The number of primary amides is 1. The Morgan fingerprint density at radius 2 is 2.03 bits per heavy atom. The highest BCUT2D eigenvalue weighted by molar-refractivity contribution is 5.99. The average Bonchev–Trinajstić information content (AvgIpc) is 2.68. The molecule has 2 heterocycles. The summed E-state index contributed by atoms with van der Waals surface area (Å²) < 4.78 is 5.95. The van der Waals surface area contributed by atoms with Crippen LogP contribution in [-0.4, -0.2) is 35.4 Å². The fourth-order valence-electron chi connectivity index (χ4n) is 3.62. The second-order valence-corrected chi connectivity index (χ2v) is 7.54. The molecule has 2 aromatic rings. The average molecular weight is 392 g/mol. The molecule has 7 heteroatoms. The lowest BCUT2D eigenvalue weighted by atomic mass is 9.91. The second kappa shape index (κ2) is 7.67. The van der Waals surface area contributed by atoms with Crippen molar-refractivity contribution in [2.24, 2.45) is 5.73 Å². The second-order valence-electron chi connectivity index (χ2n) is 7.54. The highest BCUT2D eigenvalue weighted by Gasteiger charge is 2.44. The number of rotatable bonds is 6. The molecule has 1 aliphatic carbocycles. The molecule has 1 fully saturated rings. The number of nitrogens with one attached hydrogen (secondary N) is 2. The van der Waals surface area contributed by atoms with E-state index in [2.05, 4.69) is 33.8 Å². The van der Waals surface area contributed by atoms with Gasteiger partial charge < -0.3 is 21.1 Å². The number of benzene rings is 1. The summed E-state index contributed by atoms with van der Waals surface area (Å²) >= 11 is 0. The third-order valence-electron chi connectivity index (χ3n) is 5.40. The fraction of sp³-hybridized carbons (Fsp3) is 0.318. The summed E-state index contributed by atoms with van der Waals surface area (Å²) in [5.41, 5.74) is 9.23. The van der Waals surface area contributed by atoms with Crippen LogP contribution in [0.15, 0.2) is 36.4 Å². The smallest absolute Gasteiger partial charge is 0.252 e. The van der Waals surface area contributed by atoms with Gasteiger partial charge in [0.05, 0.1) is 5.69 Å². The Morgan fingerprint density at radius 1 is 1.28 bits per heavy atom. The largest absolute Gasteiger partial charge is 0.489 e. The van der Waals surface area contributed by atoms with Crippen LogP contribution in [0.1, 0.15) is 39.3 Å². The van der Waals surface area contributed by atoms with Gasteiger partial charge >= 0.3 is 0 Å². The number of hydrogen-bond acceptors (Lipinski definition) is 5. The van der Waals surface area contributed by atoms with Crippen LogP contribution in [0.4, 0.5) is 0 Å². The van der Waals surface area contributed by atoms with Gasteiger partial charge in [0.1, 0.15) is 17.9 Å². The summed E-state index contributed by atoms with van der Waals surface area (Å²) in [4.78, 5) is 28.6. The van der Waals surface area contributed by atoms with Gasteiger partial charge in [-0.3, -0.25) is 14.6 Å². The van der Waals surface area contributed by atoms with E-state index in [9.17, 15) is 9.59 Å². The van der Waals surface area contributed by atoms with Gasteiger partial charge in [0.15, 0.2) is 0 Å². The molecule has 0 atom stereocenters. The van der Waals surface area contributed by atoms with Crippen molar-refractivity contribution in [2.75, 3.05) is 13.1 Å². The molecule has 2 amide bonds. The van der Waals surface area contributed by atoms with E-state index < -0.39 is 11.4 Å². The number of carbonyl (C=O) groups excluding carboxylic acids is 2. The molecule has 1 aliphatic heterocycles. The van der Waals surface area contributed by atoms with Crippen molar-refractivity contribution >= 4 is 17.9 Å².